The van der Waals surface area contributed by atoms with Crippen LogP contribution in [0.3, 0.4) is 0 Å². The van der Waals surface area contributed by atoms with Gasteiger partial charge < -0.3 is 5.32 Å². The quantitative estimate of drug-likeness (QED) is 0.880. The number of piperazine rings is 1. The number of rotatable bonds is 5. The van der Waals surface area contributed by atoms with Crippen molar-refractivity contribution in [3.8, 4) is 0 Å². The summed E-state index contributed by atoms with van der Waals surface area (Å²) in [6.07, 6.45) is 1.28. The predicted octanol–water partition coefficient (Wildman–Crippen LogP) is 0.984. The highest BCUT2D eigenvalue weighted by molar-refractivity contribution is 7.88. The predicted molar refractivity (Wildman–Crippen MR) is 82.5 cm³/mol. The third-order valence-corrected chi connectivity index (χ3v) is 4.91. The first-order valence-electron chi connectivity index (χ1n) is 6.93. The van der Waals surface area contributed by atoms with Gasteiger partial charge in [-0.25, -0.2) is 8.42 Å². The molecule has 112 valence electrons. The molecule has 0 atom stereocenters. The molecule has 1 N–H and O–H groups in total. The summed E-state index contributed by atoms with van der Waals surface area (Å²) < 4.78 is 24.4. The SMILES string of the molecule is Cc1ccc(NCCN2CCN(S(C)(=O)=O)CC2)cc1. The van der Waals surface area contributed by atoms with E-state index in [1.807, 2.05) is 0 Å². The molecule has 1 saturated heterocycles. The Bertz CT molecular complexity index is 520. The molecular weight excluding hydrogens is 274 g/mol. The molecule has 0 radical (unpaired) electrons. The van der Waals surface area contributed by atoms with E-state index in [4.69, 9.17) is 0 Å². The smallest absolute Gasteiger partial charge is 0.211 e. The van der Waals surface area contributed by atoms with Crippen LogP contribution in [0.1, 0.15) is 5.56 Å². The van der Waals surface area contributed by atoms with Crippen molar-refractivity contribution in [2.75, 3.05) is 50.8 Å². The second-order valence-electron chi connectivity index (χ2n) is 5.30. The van der Waals surface area contributed by atoms with Crippen LogP contribution in [0.2, 0.25) is 0 Å². The summed E-state index contributed by atoms with van der Waals surface area (Å²) in [5, 5.41) is 3.39. The van der Waals surface area contributed by atoms with Gasteiger partial charge in [-0.3, -0.25) is 4.90 Å². The molecule has 1 heterocycles. The lowest BCUT2D eigenvalue weighted by atomic mass is 10.2. The van der Waals surface area contributed by atoms with Crippen LogP contribution in [-0.2, 0) is 10.0 Å². The Hall–Kier alpha value is -1.11. The Balaban J connectivity index is 1.70. The fraction of sp³-hybridized carbons (Fsp3) is 0.571. The Morgan fingerprint density at radius 3 is 2.25 bits per heavy atom. The minimum atomic E-state index is -3.03. The van der Waals surface area contributed by atoms with E-state index in [1.165, 1.54) is 11.8 Å². The van der Waals surface area contributed by atoms with Crippen molar-refractivity contribution in [3.05, 3.63) is 29.8 Å². The highest BCUT2D eigenvalue weighted by Crippen LogP contribution is 2.09. The molecule has 1 aromatic rings. The Morgan fingerprint density at radius 2 is 1.70 bits per heavy atom. The van der Waals surface area contributed by atoms with Crippen molar-refractivity contribution in [2.24, 2.45) is 0 Å². The molecule has 0 saturated carbocycles. The monoisotopic (exact) mass is 297 g/mol. The Morgan fingerprint density at radius 1 is 1.10 bits per heavy atom. The van der Waals surface area contributed by atoms with E-state index in [0.29, 0.717) is 13.1 Å². The Labute approximate surface area is 121 Å². The standard InChI is InChI=1S/C14H23N3O2S/c1-13-3-5-14(6-4-13)15-7-8-16-9-11-17(12-10-16)20(2,18)19/h3-6,15H,7-12H2,1-2H3. The number of nitrogens with zero attached hydrogens (tertiary/aromatic N) is 2. The zero-order valence-electron chi connectivity index (χ0n) is 12.2. The molecule has 1 fully saturated rings. The van der Waals surface area contributed by atoms with E-state index in [0.717, 1.165) is 31.9 Å². The largest absolute Gasteiger partial charge is 0.384 e. The van der Waals surface area contributed by atoms with Gasteiger partial charge in [0.15, 0.2) is 0 Å². The maximum atomic E-state index is 11.4. The van der Waals surface area contributed by atoms with E-state index in [-0.39, 0.29) is 0 Å². The van der Waals surface area contributed by atoms with Crippen molar-refractivity contribution in [1.82, 2.24) is 9.21 Å². The number of hydrogen-bond acceptors (Lipinski definition) is 4. The second kappa shape index (κ2) is 6.56. The highest BCUT2D eigenvalue weighted by atomic mass is 32.2. The van der Waals surface area contributed by atoms with E-state index >= 15 is 0 Å². The average molecular weight is 297 g/mol. The molecule has 1 aromatic carbocycles. The molecule has 6 heteroatoms. The molecule has 0 aliphatic carbocycles. The maximum Gasteiger partial charge on any atom is 0.211 e. The molecule has 0 amide bonds. The lowest BCUT2D eigenvalue weighted by molar-refractivity contribution is 0.195. The fourth-order valence-electron chi connectivity index (χ4n) is 2.31. The van der Waals surface area contributed by atoms with E-state index in [1.54, 1.807) is 4.31 Å². The molecule has 0 aromatic heterocycles. The van der Waals surface area contributed by atoms with Crippen molar-refractivity contribution >= 4 is 15.7 Å². The lowest BCUT2D eigenvalue weighted by Gasteiger charge is -2.33. The van der Waals surface area contributed by atoms with Gasteiger partial charge in [-0.15, -0.1) is 0 Å². The summed E-state index contributed by atoms with van der Waals surface area (Å²) >= 11 is 0. The first-order valence-corrected chi connectivity index (χ1v) is 8.78. The molecule has 5 nitrogen and oxygen atoms in total. The summed E-state index contributed by atoms with van der Waals surface area (Å²) in [7, 11) is -3.03. The molecule has 1 aliphatic rings. The van der Waals surface area contributed by atoms with E-state index in [2.05, 4.69) is 41.4 Å². The van der Waals surface area contributed by atoms with Gasteiger partial charge in [0.25, 0.3) is 0 Å². The van der Waals surface area contributed by atoms with Crippen LogP contribution in [0.4, 0.5) is 5.69 Å². The second-order valence-corrected chi connectivity index (χ2v) is 7.28. The number of nitrogens with one attached hydrogen (secondary N) is 1. The molecule has 0 bridgehead atoms. The first-order chi connectivity index (χ1) is 9.45. The van der Waals surface area contributed by atoms with Gasteiger partial charge >= 0.3 is 0 Å². The van der Waals surface area contributed by atoms with Crippen molar-refractivity contribution in [1.29, 1.82) is 0 Å². The summed E-state index contributed by atoms with van der Waals surface area (Å²) in [6.45, 7) is 6.70. The number of sulfonamides is 1. The van der Waals surface area contributed by atoms with Gasteiger partial charge in [-0.05, 0) is 19.1 Å². The molecule has 1 aliphatic heterocycles. The minimum Gasteiger partial charge on any atom is -0.384 e. The van der Waals surface area contributed by atoms with Crippen LogP contribution in [0.5, 0.6) is 0 Å². The minimum absolute atomic E-state index is 0.601. The summed E-state index contributed by atoms with van der Waals surface area (Å²) in [6, 6.07) is 8.34. The van der Waals surface area contributed by atoms with Gasteiger partial charge in [0.1, 0.15) is 0 Å². The van der Waals surface area contributed by atoms with Crippen LogP contribution in [0, 0.1) is 6.92 Å². The van der Waals surface area contributed by atoms with E-state index in [9.17, 15) is 8.42 Å². The van der Waals surface area contributed by atoms with Crippen LogP contribution in [0.15, 0.2) is 24.3 Å². The lowest BCUT2D eigenvalue weighted by Crippen LogP contribution is -2.49. The zero-order valence-corrected chi connectivity index (χ0v) is 13.0. The van der Waals surface area contributed by atoms with Crippen LogP contribution < -0.4 is 5.32 Å². The summed E-state index contributed by atoms with van der Waals surface area (Å²) in [4.78, 5) is 2.29. The van der Waals surface area contributed by atoms with Gasteiger partial charge in [0.05, 0.1) is 6.26 Å². The van der Waals surface area contributed by atoms with Crippen LogP contribution in [-0.4, -0.2) is 63.1 Å². The zero-order chi connectivity index (χ0) is 14.6. The van der Waals surface area contributed by atoms with Crippen LogP contribution >= 0.6 is 0 Å². The molecule has 2 rings (SSSR count). The third-order valence-electron chi connectivity index (χ3n) is 3.61. The molecular formula is C14H23N3O2S. The highest BCUT2D eigenvalue weighted by Gasteiger charge is 2.22. The molecule has 20 heavy (non-hydrogen) atoms. The molecule has 0 unspecified atom stereocenters. The number of aryl methyl sites for hydroxylation is 1. The summed E-state index contributed by atoms with van der Waals surface area (Å²) in [5.41, 5.74) is 2.39. The number of hydrogen-bond donors (Lipinski definition) is 1. The maximum absolute atomic E-state index is 11.4. The number of benzene rings is 1. The molecule has 0 spiro atoms. The van der Waals surface area contributed by atoms with Gasteiger partial charge in [-0.2, -0.15) is 4.31 Å². The first kappa shape index (κ1) is 15.3. The van der Waals surface area contributed by atoms with E-state index < -0.39 is 10.0 Å². The normalized spacial score (nSPS) is 18.1. The van der Waals surface area contributed by atoms with Crippen LogP contribution in [0.25, 0.3) is 0 Å². The topological polar surface area (TPSA) is 52.6 Å². The van der Waals surface area contributed by atoms with Crippen molar-refractivity contribution in [3.63, 3.8) is 0 Å². The third kappa shape index (κ3) is 4.47. The van der Waals surface area contributed by atoms with Crippen molar-refractivity contribution < 1.29 is 8.42 Å². The van der Waals surface area contributed by atoms with Gasteiger partial charge in [0, 0.05) is 45.0 Å². The number of anilines is 1. The van der Waals surface area contributed by atoms with Gasteiger partial charge in [-0.1, -0.05) is 17.7 Å². The average Bonchev–Trinajstić information content (AvgIpc) is 2.41. The summed E-state index contributed by atoms with van der Waals surface area (Å²) in [5.74, 6) is 0. The fourth-order valence-corrected chi connectivity index (χ4v) is 3.14. The van der Waals surface area contributed by atoms with Crippen molar-refractivity contribution in [2.45, 2.75) is 6.92 Å². The Kier molecular flexibility index (Phi) is 5.01. The van der Waals surface area contributed by atoms with Gasteiger partial charge in [0.2, 0.25) is 10.0 Å².